The molecule has 76 valence electrons. The van der Waals surface area contributed by atoms with E-state index in [9.17, 15) is 4.79 Å². The number of aromatic nitrogens is 1. The molecule has 0 atom stereocenters. The highest BCUT2D eigenvalue weighted by molar-refractivity contribution is 9.10. The minimum absolute atomic E-state index is 0.00519. The normalized spacial score (nSPS) is 10.3. The van der Waals surface area contributed by atoms with Gasteiger partial charge in [0.15, 0.2) is 0 Å². The molecule has 0 unspecified atom stereocenters. The molecule has 1 heterocycles. The average Bonchev–Trinajstić information content (AvgIpc) is 2.01. The molecule has 0 aliphatic rings. The lowest BCUT2D eigenvalue weighted by atomic mass is 10.1. The van der Waals surface area contributed by atoms with Crippen LogP contribution in [0.25, 0.3) is 0 Å². The molecule has 0 aliphatic heterocycles. The van der Waals surface area contributed by atoms with Crippen LogP contribution in [0.15, 0.2) is 22.8 Å². The number of hydrogen-bond acceptors (Lipinski definition) is 2. The van der Waals surface area contributed by atoms with Gasteiger partial charge in [0, 0.05) is 17.1 Å². The zero-order valence-corrected chi connectivity index (χ0v) is 9.84. The topological polar surface area (TPSA) is 42.0 Å². The van der Waals surface area contributed by atoms with E-state index in [0.717, 1.165) is 4.47 Å². The minimum Gasteiger partial charge on any atom is -0.311 e. The summed E-state index contributed by atoms with van der Waals surface area (Å²) >= 11 is 3.31. The summed E-state index contributed by atoms with van der Waals surface area (Å²) in [5.41, 5.74) is 0. The first kappa shape index (κ1) is 11.2. The fraction of sp³-hybridized carbons (Fsp3) is 0.400. The fourth-order valence-corrected chi connectivity index (χ4v) is 1.37. The SMILES string of the molecule is CC(C)CC(=O)Nc1cc(Br)ccn1. The second kappa shape index (κ2) is 5.10. The van der Waals surface area contributed by atoms with Crippen molar-refractivity contribution in [2.24, 2.45) is 5.92 Å². The Kier molecular flexibility index (Phi) is 4.07. The molecule has 0 aliphatic carbocycles. The van der Waals surface area contributed by atoms with Crippen LogP contribution >= 0.6 is 15.9 Å². The summed E-state index contributed by atoms with van der Waals surface area (Å²) in [5, 5.41) is 2.73. The van der Waals surface area contributed by atoms with Gasteiger partial charge in [0.2, 0.25) is 5.91 Å². The van der Waals surface area contributed by atoms with E-state index < -0.39 is 0 Å². The summed E-state index contributed by atoms with van der Waals surface area (Å²) in [5.74, 6) is 0.956. The number of carbonyl (C=O) groups excluding carboxylic acids is 1. The van der Waals surface area contributed by atoms with Gasteiger partial charge in [-0.05, 0) is 18.1 Å². The van der Waals surface area contributed by atoms with Crippen LogP contribution in [-0.2, 0) is 4.79 Å². The van der Waals surface area contributed by atoms with E-state index in [1.54, 1.807) is 12.3 Å². The number of carbonyl (C=O) groups is 1. The van der Waals surface area contributed by atoms with E-state index in [4.69, 9.17) is 0 Å². The van der Waals surface area contributed by atoms with Crippen molar-refractivity contribution in [1.29, 1.82) is 0 Å². The molecule has 1 N–H and O–H groups in total. The molecule has 3 nitrogen and oxygen atoms in total. The van der Waals surface area contributed by atoms with Gasteiger partial charge in [0.25, 0.3) is 0 Å². The second-order valence-electron chi connectivity index (χ2n) is 3.51. The molecule has 0 saturated carbocycles. The third kappa shape index (κ3) is 3.87. The van der Waals surface area contributed by atoms with Gasteiger partial charge in [-0.1, -0.05) is 29.8 Å². The zero-order valence-electron chi connectivity index (χ0n) is 8.25. The summed E-state index contributed by atoms with van der Waals surface area (Å²) in [6.45, 7) is 4.02. The Balaban J connectivity index is 2.56. The molecule has 0 radical (unpaired) electrons. The summed E-state index contributed by atoms with van der Waals surface area (Å²) in [4.78, 5) is 15.4. The van der Waals surface area contributed by atoms with Crippen LogP contribution in [0.5, 0.6) is 0 Å². The molecule has 0 fully saturated rings. The Morgan fingerprint density at radius 3 is 2.93 bits per heavy atom. The number of hydrogen-bond donors (Lipinski definition) is 1. The molecule has 0 bridgehead atoms. The van der Waals surface area contributed by atoms with E-state index >= 15 is 0 Å². The van der Waals surface area contributed by atoms with E-state index in [2.05, 4.69) is 26.2 Å². The van der Waals surface area contributed by atoms with Crippen LogP contribution in [0.4, 0.5) is 5.82 Å². The van der Waals surface area contributed by atoms with Gasteiger partial charge in [-0.2, -0.15) is 0 Å². The first-order valence-electron chi connectivity index (χ1n) is 4.49. The van der Waals surface area contributed by atoms with Gasteiger partial charge in [0.1, 0.15) is 5.82 Å². The number of pyridine rings is 1. The van der Waals surface area contributed by atoms with Crippen LogP contribution in [-0.4, -0.2) is 10.9 Å². The Bertz CT molecular complexity index is 326. The molecular formula is C10H13BrN2O. The summed E-state index contributed by atoms with van der Waals surface area (Å²) in [6, 6.07) is 3.59. The van der Waals surface area contributed by atoms with E-state index in [1.165, 1.54) is 0 Å². The second-order valence-corrected chi connectivity index (χ2v) is 4.42. The number of amides is 1. The molecule has 1 aromatic heterocycles. The van der Waals surface area contributed by atoms with Gasteiger partial charge in [-0.15, -0.1) is 0 Å². The third-order valence-corrected chi connectivity index (χ3v) is 2.08. The number of halogens is 1. The maximum absolute atomic E-state index is 11.4. The van der Waals surface area contributed by atoms with E-state index in [-0.39, 0.29) is 5.91 Å². The smallest absolute Gasteiger partial charge is 0.225 e. The standard InChI is InChI=1S/C10H13BrN2O/c1-7(2)5-10(14)13-9-6-8(11)3-4-12-9/h3-4,6-7H,5H2,1-2H3,(H,12,13,14). The molecule has 14 heavy (non-hydrogen) atoms. The molecule has 1 amide bonds. The van der Waals surface area contributed by atoms with Crippen LogP contribution in [0, 0.1) is 5.92 Å². The van der Waals surface area contributed by atoms with Crippen LogP contribution < -0.4 is 5.32 Å². The fourth-order valence-electron chi connectivity index (χ4n) is 1.04. The van der Waals surface area contributed by atoms with E-state index in [0.29, 0.717) is 18.2 Å². The predicted molar refractivity (Wildman–Crippen MR) is 60.0 cm³/mol. The average molecular weight is 257 g/mol. The van der Waals surface area contributed by atoms with Crippen molar-refractivity contribution in [3.63, 3.8) is 0 Å². The highest BCUT2D eigenvalue weighted by atomic mass is 79.9. The van der Waals surface area contributed by atoms with Crippen LogP contribution in [0.2, 0.25) is 0 Å². The Morgan fingerprint density at radius 1 is 1.64 bits per heavy atom. The maximum atomic E-state index is 11.4. The monoisotopic (exact) mass is 256 g/mol. The number of nitrogens with zero attached hydrogens (tertiary/aromatic N) is 1. The molecular weight excluding hydrogens is 244 g/mol. The summed E-state index contributed by atoms with van der Waals surface area (Å²) in [7, 11) is 0. The van der Waals surface area contributed by atoms with Crippen molar-refractivity contribution >= 4 is 27.7 Å². The molecule has 0 aromatic carbocycles. The van der Waals surface area contributed by atoms with E-state index in [1.807, 2.05) is 19.9 Å². The summed E-state index contributed by atoms with van der Waals surface area (Å²) < 4.78 is 0.910. The largest absolute Gasteiger partial charge is 0.311 e. The number of nitrogens with one attached hydrogen (secondary N) is 1. The first-order chi connectivity index (χ1) is 6.58. The Hall–Kier alpha value is -0.900. The van der Waals surface area contributed by atoms with Crippen molar-refractivity contribution in [3.8, 4) is 0 Å². The Morgan fingerprint density at radius 2 is 2.36 bits per heavy atom. The van der Waals surface area contributed by atoms with Crippen LogP contribution in [0.3, 0.4) is 0 Å². The lowest BCUT2D eigenvalue weighted by Crippen LogP contribution is -2.14. The van der Waals surface area contributed by atoms with Gasteiger partial charge >= 0.3 is 0 Å². The third-order valence-electron chi connectivity index (χ3n) is 1.58. The van der Waals surface area contributed by atoms with Crippen molar-refractivity contribution in [1.82, 2.24) is 4.98 Å². The predicted octanol–water partition coefficient (Wildman–Crippen LogP) is 2.83. The zero-order chi connectivity index (χ0) is 10.6. The number of rotatable bonds is 3. The quantitative estimate of drug-likeness (QED) is 0.904. The molecule has 0 spiro atoms. The van der Waals surface area contributed by atoms with Gasteiger partial charge in [-0.3, -0.25) is 4.79 Å². The van der Waals surface area contributed by atoms with Gasteiger partial charge in [-0.25, -0.2) is 4.98 Å². The molecule has 0 saturated heterocycles. The lowest BCUT2D eigenvalue weighted by molar-refractivity contribution is -0.116. The van der Waals surface area contributed by atoms with Crippen LogP contribution in [0.1, 0.15) is 20.3 Å². The molecule has 1 rings (SSSR count). The van der Waals surface area contributed by atoms with Gasteiger partial charge in [0.05, 0.1) is 0 Å². The first-order valence-corrected chi connectivity index (χ1v) is 5.28. The molecule has 4 heteroatoms. The highest BCUT2D eigenvalue weighted by Gasteiger charge is 2.05. The maximum Gasteiger partial charge on any atom is 0.225 e. The number of anilines is 1. The van der Waals surface area contributed by atoms with Gasteiger partial charge < -0.3 is 5.32 Å². The van der Waals surface area contributed by atoms with Crippen molar-refractivity contribution in [2.75, 3.05) is 5.32 Å². The van der Waals surface area contributed by atoms with Crippen molar-refractivity contribution in [3.05, 3.63) is 22.8 Å². The summed E-state index contributed by atoms with van der Waals surface area (Å²) in [6.07, 6.45) is 2.17. The van der Waals surface area contributed by atoms with Crippen molar-refractivity contribution < 1.29 is 4.79 Å². The Labute approximate surface area is 92.1 Å². The molecule has 1 aromatic rings. The lowest BCUT2D eigenvalue weighted by Gasteiger charge is -2.06. The van der Waals surface area contributed by atoms with Crippen molar-refractivity contribution in [2.45, 2.75) is 20.3 Å². The minimum atomic E-state index is 0.00519. The highest BCUT2D eigenvalue weighted by Crippen LogP contribution is 2.13.